The van der Waals surface area contributed by atoms with Crippen molar-refractivity contribution in [2.75, 3.05) is 133 Å². The number of likely N-dealkylation sites (tertiary alicyclic amines) is 3. The normalized spacial score (nSPS) is 20.2. The highest BCUT2D eigenvalue weighted by Gasteiger charge is 2.42. The molecule has 6 aliphatic rings. The Kier molecular flexibility index (Phi) is 24.1. The highest BCUT2D eigenvalue weighted by Crippen LogP contribution is 2.32. The van der Waals surface area contributed by atoms with Crippen molar-refractivity contribution in [1.29, 1.82) is 0 Å². The summed E-state index contributed by atoms with van der Waals surface area (Å²) in [5.74, 6) is 5.56. The van der Waals surface area contributed by atoms with Crippen LogP contribution in [-0.4, -0.2) is 234 Å². The highest BCUT2D eigenvalue weighted by molar-refractivity contribution is 5.64. The van der Waals surface area contributed by atoms with Gasteiger partial charge in [-0.05, 0) is 161 Å². The topological polar surface area (TPSA) is 154 Å². The minimum Gasteiger partial charge on any atom is -0.355 e. The SMILES string of the molecule is CC(C)N1CCC(N2CCCN(c3cccc(-c4nc(-c5ccccc5)c[nH]4)n3)CC2)CC1.CC(C)N1CCC(N2CCCN(c3cccc(-c4nc(C(C)(C)C)c[nH]4)n3)CC2)CC1.CCc1c[nH]c(-c2cccc(N3CCCN(C4CCN([C@@H](C)C(F)(F)F)CC4)CC3)n2)n1. The van der Waals surface area contributed by atoms with Crippen LogP contribution < -0.4 is 14.7 Å². The van der Waals surface area contributed by atoms with E-state index < -0.39 is 12.2 Å². The summed E-state index contributed by atoms with van der Waals surface area (Å²) in [5.41, 5.74) is 6.86. The maximum Gasteiger partial charge on any atom is 0.403 e. The number of alkyl halides is 3. The second-order valence-corrected chi connectivity index (χ2v) is 29.0. The number of imidazole rings is 3. The molecule has 13 rings (SSSR count). The lowest BCUT2D eigenvalue weighted by atomic mass is 9.93. The van der Waals surface area contributed by atoms with E-state index in [9.17, 15) is 13.2 Å². The summed E-state index contributed by atoms with van der Waals surface area (Å²) in [6.07, 6.45) is 12.9. The third kappa shape index (κ3) is 18.5. The molecule has 12 heterocycles. The fraction of sp³-hybridized carbons (Fsp3) is 0.600. The first-order valence-electron chi connectivity index (χ1n) is 36.2. The van der Waals surface area contributed by atoms with E-state index in [2.05, 4.69) is 157 Å². The Morgan fingerprint density at radius 2 is 0.802 bits per heavy atom. The average Bonchev–Trinajstić information content (AvgIpc) is 1.66. The lowest BCUT2D eigenvalue weighted by Gasteiger charge is -2.40. The van der Waals surface area contributed by atoms with Crippen molar-refractivity contribution in [2.45, 2.75) is 174 Å². The van der Waals surface area contributed by atoms with Crippen LogP contribution in [-0.2, 0) is 11.8 Å². The zero-order valence-corrected chi connectivity index (χ0v) is 58.9. The predicted molar refractivity (Wildman–Crippen MR) is 384 cm³/mol. The van der Waals surface area contributed by atoms with E-state index in [-0.39, 0.29) is 5.41 Å². The molecule has 6 aliphatic heterocycles. The summed E-state index contributed by atoms with van der Waals surface area (Å²) >= 11 is 0. The van der Waals surface area contributed by atoms with Gasteiger partial charge < -0.3 is 39.5 Å². The summed E-state index contributed by atoms with van der Waals surface area (Å²) in [6, 6.07) is 30.7. The van der Waals surface area contributed by atoms with Crippen molar-refractivity contribution >= 4 is 17.5 Å². The number of anilines is 3. The van der Waals surface area contributed by atoms with Crippen LogP contribution in [0.15, 0.2) is 104 Å². The van der Waals surface area contributed by atoms with Crippen LogP contribution in [0.3, 0.4) is 0 Å². The first kappa shape index (κ1) is 70.6. The Labute approximate surface area is 569 Å². The van der Waals surface area contributed by atoms with E-state index in [0.29, 0.717) is 31.2 Å². The van der Waals surface area contributed by atoms with Crippen LogP contribution in [0, 0.1) is 0 Å². The second kappa shape index (κ2) is 32.7. The molecule has 520 valence electrons. The molecule has 0 amide bonds. The number of hydrogen-bond donors (Lipinski definition) is 3. The van der Waals surface area contributed by atoms with Crippen LogP contribution in [0.5, 0.6) is 0 Å². The number of halogens is 3. The molecule has 6 saturated heterocycles. The van der Waals surface area contributed by atoms with Crippen molar-refractivity contribution in [3.8, 4) is 45.8 Å². The van der Waals surface area contributed by atoms with Gasteiger partial charge in [0.1, 0.15) is 40.6 Å². The van der Waals surface area contributed by atoms with Crippen LogP contribution in [0.2, 0.25) is 0 Å². The van der Waals surface area contributed by atoms with Gasteiger partial charge in [-0.15, -0.1) is 0 Å². The molecule has 0 unspecified atom stereocenters. The van der Waals surface area contributed by atoms with Crippen molar-refractivity contribution in [1.82, 2.24) is 74.3 Å². The quantitative estimate of drug-likeness (QED) is 0.0945. The number of H-pyrrole nitrogens is 3. The number of aryl methyl sites for hydroxylation is 1. The Morgan fingerprint density at radius 3 is 1.19 bits per heavy atom. The lowest BCUT2D eigenvalue weighted by Crippen LogP contribution is -2.51. The molecule has 6 fully saturated rings. The number of aromatic nitrogens is 9. The second-order valence-electron chi connectivity index (χ2n) is 29.0. The molecule has 0 saturated carbocycles. The minimum absolute atomic E-state index is 0.0337. The van der Waals surface area contributed by atoms with E-state index in [1.807, 2.05) is 61.1 Å². The Balaban J connectivity index is 0.000000146. The summed E-state index contributed by atoms with van der Waals surface area (Å²) < 4.78 is 39.1. The standard InChI is InChI=1S/C27H36N6.C25H40N6.C23H33F3N6/c1-21(2)31-16-12-23(13-17-31)32-14-7-15-33(19-18-32)26-11-6-10-24(29-26)27-28-20-25(30-27)22-8-4-3-5-9-22;1-19(2)29-14-10-20(11-15-29)30-12-7-13-31(17-16-30)23-9-6-8-21(27-23)24-26-18-22(28-24)25(3,4)5;1-3-18-16-27-22(28-18)20-6-4-7-21(29-20)32-11-5-10-31(14-15-32)19-8-12-30(13-9-19)17(2)23(24,25)26/h3-6,8-11,20-21,23H,7,12-19H2,1-2H3,(H,28,30);6,8-9,18-20H,7,10-17H2,1-5H3,(H,26,28);4,6-7,16-17,19H,3,5,8-15H2,1-2H3,(H,27,28)/t;;17-/m..0/s1. The predicted octanol–water partition coefficient (Wildman–Crippen LogP) is 12.6. The van der Waals surface area contributed by atoms with Crippen LogP contribution in [0.25, 0.3) is 45.8 Å². The number of aromatic amines is 3. The molecule has 0 aliphatic carbocycles. The van der Waals surface area contributed by atoms with Gasteiger partial charge in [0.15, 0.2) is 17.5 Å². The monoisotopic (exact) mass is 1320 g/mol. The highest BCUT2D eigenvalue weighted by atomic mass is 19.4. The molecule has 96 heavy (non-hydrogen) atoms. The van der Waals surface area contributed by atoms with Crippen LogP contribution in [0.1, 0.15) is 131 Å². The maximum absolute atomic E-state index is 13.0. The third-order valence-corrected chi connectivity index (χ3v) is 21.0. The van der Waals surface area contributed by atoms with Crippen molar-refractivity contribution in [2.24, 2.45) is 0 Å². The van der Waals surface area contributed by atoms with Crippen molar-refractivity contribution < 1.29 is 13.2 Å². The Bertz CT molecular complexity index is 3460. The van der Waals surface area contributed by atoms with E-state index in [1.54, 1.807) is 4.90 Å². The molecule has 21 heteroatoms. The number of rotatable bonds is 14. The lowest BCUT2D eigenvalue weighted by molar-refractivity contribution is -0.182. The maximum atomic E-state index is 13.0. The summed E-state index contributed by atoms with van der Waals surface area (Å²) in [4.78, 5) is 60.9. The van der Waals surface area contributed by atoms with Crippen LogP contribution >= 0.6 is 0 Å². The Hall–Kier alpha value is -6.75. The molecule has 0 spiro atoms. The minimum atomic E-state index is -4.15. The fourth-order valence-electron chi connectivity index (χ4n) is 14.9. The van der Waals surface area contributed by atoms with Crippen molar-refractivity contribution in [3.63, 3.8) is 0 Å². The number of nitrogens with zero attached hydrogens (tertiary/aromatic N) is 15. The van der Waals surface area contributed by atoms with Gasteiger partial charge in [0.05, 0.1) is 17.1 Å². The summed E-state index contributed by atoms with van der Waals surface area (Å²) in [7, 11) is 0. The van der Waals surface area contributed by atoms with Crippen LogP contribution in [0.4, 0.5) is 30.6 Å². The van der Waals surface area contributed by atoms with E-state index in [0.717, 1.165) is 178 Å². The fourth-order valence-corrected chi connectivity index (χ4v) is 14.9. The van der Waals surface area contributed by atoms with E-state index >= 15 is 0 Å². The summed E-state index contributed by atoms with van der Waals surface area (Å²) in [6.45, 7) is 37.7. The van der Waals surface area contributed by atoms with E-state index in [1.165, 1.54) is 84.7 Å². The Morgan fingerprint density at radius 1 is 0.406 bits per heavy atom. The average molecular weight is 1320 g/mol. The zero-order valence-electron chi connectivity index (χ0n) is 58.9. The molecule has 1 aromatic carbocycles. The van der Waals surface area contributed by atoms with Gasteiger partial charge in [0.25, 0.3) is 0 Å². The molecule has 1 atom stereocenters. The van der Waals surface area contributed by atoms with Gasteiger partial charge in [-0.1, -0.05) is 76.2 Å². The number of piperidine rings is 3. The molecule has 7 aromatic rings. The number of nitrogens with one attached hydrogen (secondary N) is 3. The van der Waals surface area contributed by atoms with Gasteiger partial charge in [-0.2, -0.15) is 13.2 Å². The number of pyridine rings is 3. The first-order valence-corrected chi connectivity index (χ1v) is 36.2. The number of hydrogen-bond acceptors (Lipinski definition) is 15. The molecule has 0 bridgehead atoms. The zero-order chi connectivity index (χ0) is 67.3. The molecule has 0 radical (unpaired) electrons. The van der Waals surface area contributed by atoms with Gasteiger partial charge in [-0.25, -0.2) is 29.9 Å². The molecular weight excluding hydrogens is 1210 g/mol. The number of benzene rings is 1. The molecule has 3 N–H and O–H groups in total. The molecular formula is C75H109F3N18. The molecule has 6 aromatic heterocycles. The third-order valence-electron chi connectivity index (χ3n) is 21.0. The van der Waals surface area contributed by atoms with E-state index in [4.69, 9.17) is 24.9 Å². The smallest absolute Gasteiger partial charge is 0.355 e. The van der Waals surface area contributed by atoms with Gasteiger partial charge >= 0.3 is 6.18 Å². The first-order chi connectivity index (χ1) is 46.3. The summed E-state index contributed by atoms with van der Waals surface area (Å²) in [5, 5.41) is 0. The van der Waals surface area contributed by atoms with Gasteiger partial charge in [0, 0.05) is 151 Å². The van der Waals surface area contributed by atoms with Gasteiger partial charge in [0.2, 0.25) is 0 Å². The molecule has 18 nitrogen and oxygen atoms in total. The largest absolute Gasteiger partial charge is 0.403 e. The van der Waals surface area contributed by atoms with Crippen molar-refractivity contribution in [3.05, 3.63) is 115 Å². The van der Waals surface area contributed by atoms with Gasteiger partial charge in [-0.3, -0.25) is 19.6 Å².